The van der Waals surface area contributed by atoms with E-state index in [2.05, 4.69) is 5.32 Å². The van der Waals surface area contributed by atoms with E-state index in [1.807, 2.05) is 61.7 Å². The fraction of sp³-hybridized carbons (Fsp3) is 0.368. The van der Waals surface area contributed by atoms with Gasteiger partial charge in [0.05, 0.1) is 12.6 Å². The molecule has 0 aliphatic heterocycles. The van der Waals surface area contributed by atoms with Crippen molar-refractivity contribution in [2.45, 2.75) is 26.4 Å². The number of amides is 3. The minimum atomic E-state index is -0.245. The fourth-order valence-corrected chi connectivity index (χ4v) is 3.29. The van der Waals surface area contributed by atoms with Gasteiger partial charge in [-0.2, -0.15) is 0 Å². The van der Waals surface area contributed by atoms with Crippen LogP contribution in [0.4, 0.5) is 4.79 Å². The first-order valence-electron chi connectivity index (χ1n) is 8.38. The van der Waals surface area contributed by atoms with Crippen LogP contribution in [0.3, 0.4) is 0 Å². The van der Waals surface area contributed by atoms with Crippen molar-refractivity contribution in [3.8, 4) is 0 Å². The van der Waals surface area contributed by atoms with E-state index in [-0.39, 0.29) is 24.5 Å². The van der Waals surface area contributed by atoms with Crippen LogP contribution >= 0.6 is 11.3 Å². The third-order valence-corrected chi connectivity index (χ3v) is 5.24. The molecule has 0 aliphatic carbocycles. The molecule has 0 unspecified atom stereocenters. The second-order valence-corrected chi connectivity index (χ2v) is 6.83. The summed E-state index contributed by atoms with van der Waals surface area (Å²) in [4.78, 5) is 29.2. The second kappa shape index (κ2) is 9.22. The first kappa shape index (κ1) is 19.0. The van der Waals surface area contributed by atoms with Crippen LogP contribution in [0.1, 0.15) is 30.3 Å². The summed E-state index contributed by atoms with van der Waals surface area (Å²) in [6, 6.07) is 13.5. The lowest BCUT2D eigenvalue weighted by molar-refractivity contribution is -0.130. The van der Waals surface area contributed by atoms with Gasteiger partial charge >= 0.3 is 6.03 Å². The molecular weight excluding hydrogens is 334 g/mol. The molecule has 25 heavy (non-hydrogen) atoms. The van der Waals surface area contributed by atoms with Crippen molar-refractivity contribution in [2.24, 2.45) is 0 Å². The Labute approximate surface area is 153 Å². The maximum atomic E-state index is 12.4. The highest BCUT2D eigenvalue weighted by molar-refractivity contribution is 7.10. The van der Waals surface area contributed by atoms with Crippen LogP contribution in [0.2, 0.25) is 0 Å². The minimum absolute atomic E-state index is 0.000999. The number of hydrogen-bond donors (Lipinski definition) is 1. The monoisotopic (exact) mass is 359 g/mol. The van der Waals surface area contributed by atoms with Gasteiger partial charge < -0.3 is 15.1 Å². The van der Waals surface area contributed by atoms with Crippen molar-refractivity contribution in [2.75, 3.05) is 20.1 Å². The highest BCUT2D eigenvalue weighted by Gasteiger charge is 2.19. The lowest BCUT2D eigenvalue weighted by atomic mass is 10.2. The molecule has 134 valence electrons. The molecule has 6 heteroatoms. The standard InChI is InChI=1S/C19H25N3O2S/c1-4-22(14-16-9-6-5-7-10-16)18(23)13-20-19(24)21(3)15(2)17-11-8-12-25-17/h5-12,15H,4,13-14H2,1-3H3,(H,20,24)/t15-/m1/s1. The number of urea groups is 1. The van der Waals surface area contributed by atoms with Gasteiger partial charge in [0.25, 0.3) is 0 Å². The molecule has 0 aliphatic rings. The molecular formula is C19H25N3O2S. The molecule has 3 amide bonds. The highest BCUT2D eigenvalue weighted by Crippen LogP contribution is 2.23. The van der Waals surface area contributed by atoms with Gasteiger partial charge in [-0.1, -0.05) is 36.4 Å². The third kappa shape index (κ3) is 5.32. The number of benzene rings is 1. The summed E-state index contributed by atoms with van der Waals surface area (Å²) in [5.74, 6) is -0.0862. The third-order valence-electron chi connectivity index (χ3n) is 4.20. The molecule has 0 radical (unpaired) electrons. The zero-order valence-electron chi connectivity index (χ0n) is 14.9. The first-order chi connectivity index (χ1) is 12.0. The van der Waals surface area contributed by atoms with Gasteiger partial charge in [0, 0.05) is 25.0 Å². The van der Waals surface area contributed by atoms with Gasteiger partial charge in [0.2, 0.25) is 5.91 Å². The van der Waals surface area contributed by atoms with Crippen molar-refractivity contribution in [3.63, 3.8) is 0 Å². The lowest BCUT2D eigenvalue weighted by Gasteiger charge is -2.26. The van der Waals surface area contributed by atoms with Crippen LogP contribution < -0.4 is 5.32 Å². The summed E-state index contributed by atoms with van der Waals surface area (Å²) in [7, 11) is 1.74. The first-order valence-corrected chi connectivity index (χ1v) is 9.26. The molecule has 0 bridgehead atoms. The summed E-state index contributed by atoms with van der Waals surface area (Å²) >= 11 is 1.61. The smallest absolute Gasteiger partial charge is 0.318 e. The molecule has 1 aromatic carbocycles. The molecule has 0 spiro atoms. The van der Waals surface area contributed by atoms with E-state index in [1.54, 1.807) is 28.2 Å². The number of carbonyl (C=O) groups is 2. The van der Waals surface area contributed by atoms with Gasteiger partial charge in [-0.25, -0.2) is 4.79 Å². The number of nitrogens with zero attached hydrogens (tertiary/aromatic N) is 2. The number of likely N-dealkylation sites (N-methyl/N-ethyl adjacent to an activating group) is 1. The predicted octanol–water partition coefficient (Wildman–Crippen LogP) is 3.50. The van der Waals surface area contributed by atoms with E-state index in [4.69, 9.17) is 0 Å². The van der Waals surface area contributed by atoms with Crippen molar-refractivity contribution in [3.05, 3.63) is 58.3 Å². The Hall–Kier alpha value is -2.34. The van der Waals surface area contributed by atoms with Gasteiger partial charge in [0.1, 0.15) is 0 Å². The number of thiophene rings is 1. The summed E-state index contributed by atoms with van der Waals surface area (Å²) in [6.45, 7) is 5.06. The Morgan fingerprint density at radius 3 is 2.48 bits per heavy atom. The topological polar surface area (TPSA) is 52.7 Å². The number of hydrogen-bond acceptors (Lipinski definition) is 3. The van der Waals surface area contributed by atoms with Crippen LogP contribution in [0, 0.1) is 0 Å². The van der Waals surface area contributed by atoms with Crippen LogP contribution in [-0.2, 0) is 11.3 Å². The Bertz CT molecular complexity index is 673. The molecule has 1 atom stereocenters. The van der Waals surface area contributed by atoms with Crippen LogP contribution in [0.5, 0.6) is 0 Å². The molecule has 2 rings (SSSR count). The van der Waals surface area contributed by atoms with Gasteiger partial charge in [-0.15, -0.1) is 11.3 Å². The average Bonchev–Trinajstić information content (AvgIpc) is 3.18. The Morgan fingerprint density at radius 1 is 1.16 bits per heavy atom. The molecule has 2 aromatic rings. The molecule has 1 heterocycles. The predicted molar refractivity (Wildman–Crippen MR) is 101 cm³/mol. The van der Waals surface area contributed by atoms with E-state index in [0.717, 1.165) is 10.4 Å². The fourth-order valence-electron chi connectivity index (χ4n) is 2.46. The highest BCUT2D eigenvalue weighted by atomic mass is 32.1. The second-order valence-electron chi connectivity index (χ2n) is 5.85. The Balaban J connectivity index is 1.86. The largest absolute Gasteiger partial charge is 0.337 e. The van der Waals surface area contributed by atoms with Gasteiger partial charge in [-0.3, -0.25) is 4.79 Å². The summed E-state index contributed by atoms with van der Waals surface area (Å²) in [5.41, 5.74) is 1.08. The summed E-state index contributed by atoms with van der Waals surface area (Å²) < 4.78 is 0. The van der Waals surface area contributed by atoms with E-state index in [1.165, 1.54) is 0 Å². The normalized spacial score (nSPS) is 11.6. The maximum absolute atomic E-state index is 12.4. The van der Waals surface area contributed by atoms with Crippen LogP contribution in [0.25, 0.3) is 0 Å². The van der Waals surface area contributed by atoms with Crippen molar-refractivity contribution >= 4 is 23.3 Å². The van der Waals surface area contributed by atoms with Gasteiger partial charge in [-0.05, 0) is 30.9 Å². The summed E-state index contributed by atoms with van der Waals surface area (Å²) in [5, 5.41) is 4.72. The molecule has 0 fully saturated rings. The van der Waals surface area contributed by atoms with E-state index in [0.29, 0.717) is 13.1 Å². The number of nitrogens with one attached hydrogen (secondary N) is 1. The Morgan fingerprint density at radius 2 is 1.88 bits per heavy atom. The summed E-state index contributed by atoms with van der Waals surface area (Å²) in [6.07, 6.45) is 0. The minimum Gasteiger partial charge on any atom is -0.337 e. The molecule has 1 aromatic heterocycles. The zero-order valence-corrected chi connectivity index (χ0v) is 15.8. The van der Waals surface area contributed by atoms with Crippen molar-refractivity contribution in [1.82, 2.24) is 15.1 Å². The SMILES string of the molecule is CCN(Cc1ccccc1)C(=O)CNC(=O)N(C)[C@H](C)c1cccs1. The average molecular weight is 359 g/mol. The number of rotatable bonds is 7. The van der Waals surface area contributed by atoms with Crippen LogP contribution in [0.15, 0.2) is 47.8 Å². The maximum Gasteiger partial charge on any atom is 0.318 e. The van der Waals surface area contributed by atoms with Gasteiger partial charge in [0.15, 0.2) is 0 Å². The lowest BCUT2D eigenvalue weighted by Crippen LogP contribution is -2.44. The zero-order chi connectivity index (χ0) is 18.2. The van der Waals surface area contributed by atoms with E-state index < -0.39 is 0 Å². The van der Waals surface area contributed by atoms with Crippen molar-refractivity contribution < 1.29 is 9.59 Å². The number of carbonyl (C=O) groups excluding carboxylic acids is 2. The van der Waals surface area contributed by atoms with Crippen molar-refractivity contribution in [1.29, 1.82) is 0 Å². The van der Waals surface area contributed by atoms with E-state index in [9.17, 15) is 9.59 Å². The van der Waals surface area contributed by atoms with E-state index >= 15 is 0 Å². The quantitative estimate of drug-likeness (QED) is 0.823. The molecule has 1 N–H and O–H groups in total. The molecule has 0 saturated heterocycles. The Kier molecular flexibility index (Phi) is 7.01. The molecule has 0 saturated carbocycles. The van der Waals surface area contributed by atoms with Crippen LogP contribution in [-0.4, -0.2) is 41.9 Å². The molecule has 5 nitrogen and oxygen atoms in total.